The first kappa shape index (κ1) is 25.2. The maximum Gasteiger partial charge on any atom is 0.261 e. The molecule has 4 N–H and O–H groups in total. The minimum absolute atomic E-state index is 0.281. The van der Waals surface area contributed by atoms with E-state index in [2.05, 4.69) is 0 Å². The summed E-state index contributed by atoms with van der Waals surface area (Å²) < 4.78 is 52.5. The Balaban J connectivity index is 0.000000614. The largest absolute Gasteiger partial charge is 0.505 e. The van der Waals surface area contributed by atoms with Crippen molar-refractivity contribution < 1.29 is 37.1 Å². The highest BCUT2D eigenvalue weighted by atomic mass is 32.2. The van der Waals surface area contributed by atoms with Gasteiger partial charge in [-0.1, -0.05) is 18.2 Å². The van der Waals surface area contributed by atoms with Crippen molar-refractivity contribution in [2.45, 2.75) is 37.5 Å². The Hall–Kier alpha value is -2.11. The number of rotatable bonds is 4. The minimum atomic E-state index is -3.67. The van der Waals surface area contributed by atoms with Crippen molar-refractivity contribution >= 4 is 10.1 Å². The molecule has 1 saturated heterocycles. The molecule has 1 aliphatic heterocycles. The van der Waals surface area contributed by atoms with Crippen molar-refractivity contribution in [3.63, 3.8) is 0 Å². The minimum Gasteiger partial charge on any atom is -0.505 e. The highest BCUT2D eigenvalue weighted by Crippen LogP contribution is 2.35. The molecular weight excluding hydrogens is 432 g/mol. The van der Waals surface area contributed by atoms with Crippen LogP contribution in [-0.4, -0.2) is 58.6 Å². The number of halogens is 2. The Morgan fingerprint density at radius 2 is 1.58 bits per heavy atom. The van der Waals surface area contributed by atoms with Gasteiger partial charge in [0.1, 0.15) is 5.82 Å². The van der Waals surface area contributed by atoms with Gasteiger partial charge in [-0.15, -0.1) is 0 Å². The molecular formula is C21H27F2NO6S. The molecule has 2 unspecified atom stereocenters. The third-order valence-electron chi connectivity index (χ3n) is 5.35. The summed E-state index contributed by atoms with van der Waals surface area (Å²) >= 11 is 0. The van der Waals surface area contributed by atoms with Crippen LogP contribution in [-0.2, 0) is 15.7 Å². The molecule has 1 aliphatic rings. The average Bonchev–Trinajstić information content (AvgIpc) is 2.69. The number of phenolic OH excluding ortho intramolecular Hbond substituents is 1. The molecule has 0 radical (unpaired) electrons. The van der Waals surface area contributed by atoms with Crippen LogP contribution >= 0.6 is 0 Å². The molecule has 0 aliphatic carbocycles. The zero-order valence-electron chi connectivity index (χ0n) is 17.2. The lowest BCUT2D eigenvalue weighted by molar-refractivity contribution is -0.0502. The van der Waals surface area contributed by atoms with Gasteiger partial charge in [-0.05, 0) is 55.2 Å². The van der Waals surface area contributed by atoms with Crippen molar-refractivity contribution in [3.05, 3.63) is 65.2 Å². The van der Waals surface area contributed by atoms with Crippen LogP contribution in [0.1, 0.15) is 37.0 Å². The van der Waals surface area contributed by atoms with E-state index in [9.17, 15) is 32.5 Å². The Kier molecular flexibility index (Phi) is 8.12. The Morgan fingerprint density at radius 3 is 2.06 bits per heavy atom. The monoisotopic (exact) mass is 459 g/mol. The van der Waals surface area contributed by atoms with E-state index in [0.29, 0.717) is 43.3 Å². The maximum atomic E-state index is 13.5. The Morgan fingerprint density at radius 1 is 1.06 bits per heavy atom. The van der Waals surface area contributed by atoms with Gasteiger partial charge >= 0.3 is 0 Å². The first-order valence-corrected chi connectivity index (χ1v) is 11.5. The van der Waals surface area contributed by atoms with Crippen LogP contribution in [0.2, 0.25) is 0 Å². The quantitative estimate of drug-likeness (QED) is 0.519. The number of aromatic hydroxyl groups is 1. The van der Waals surface area contributed by atoms with Crippen LogP contribution < -0.4 is 0 Å². The molecule has 1 heterocycles. The maximum absolute atomic E-state index is 13.5. The summed E-state index contributed by atoms with van der Waals surface area (Å²) in [4.78, 5) is 2.04. The molecule has 172 valence electrons. The zero-order valence-corrected chi connectivity index (χ0v) is 18.1. The highest BCUT2D eigenvalue weighted by molar-refractivity contribution is 7.85. The van der Waals surface area contributed by atoms with Crippen LogP contribution in [0.5, 0.6) is 5.75 Å². The van der Waals surface area contributed by atoms with Crippen molar-refractivity contribution in [2.75, 3.05) is 19.3 Å². The number of phenols is 1. The lowest BCUT2D eigenvalue weighted by Gasteiger charge is -2.42. The molecule has 0 bridgehead atoms. The molecule has 2 aromatic rings. The SMILES string of the molecule is CC(C(O)c1ccc(O)c(F)c1)N1CCC(O)(c2ccc(F)cc2)CC1.CS(=O)(=O)O. The topological polar surface area (TPSA) is 118 Å². The van der Waals surface area contributed by atoms with Crippen molar-refractivity contribution in [2.24, 2.45) is 0 Å². The first-order valence-electron chi connectivity index (χ1n) is 9.61. The third-order valence-corrected chi connectivity index (χ3v) is 5.35. The van der Waals surface area contributed by atoms with Gasteiger partial charge in [0.25, 0.3) is 10.1 Å². The zero-order chi connectivity index (χ0) is 23.4. The van der Waals surface area contributed by atoms with Crippen molar-refractivity contribution in [3.8, 4) is 5.75 Å². The summed E-state index contributed by atoms with van der Waals surface area (Å²) in [5, 5.41) is 30.7. The average molecular weight is 460 g/mol. The Bertz CT molecular complexity index is 968. The molecule has 7 nitrogen and oxygen atoms in total. The second-order valence-electron chi connectivity index (χ2n) is 7.70. The van der Waals surface area contributed by atoms with Gasteiger partial charge in [0.15, 0.2) is 11.6 Å². The van der Waals surface area contributed by atoms with Gasteiger partial charge < -0.3 is 15.3 Å². The number of likely N-dealkylation sites (tertiary alicyclic amines) is 1. The first-order chi connectivity index (χ1) is 14.3. The number of piperidine rings is 1. The number of aliphatic hydroxyl groups is 2. The lowest BCUT2D eigenvalue weighted by Crippen LogP contribution is -2.47. The van der Waals surface area contributed by atoms with Gasteiger partial charge in [-0.3, -0.25) is 9.45 Å². The summed E-state index contributed by atoms with van der Waals surface area (Å²) in [5.74, 6) is -1.55. The summed E-state index contributed by atoms with van der Waals surface area (Å²) in [6.07, 6.45) is 0.717. The fraction of sp³-hybridized carbons (Fsp3) is 0.429. The molecule has 2 atom stereocenters. The van der Waals surface area contributed by atoms with Gasteiger partial charge in [0.05, 0.1) is 18.0 Å². The lowest BCUT2D eigenvalue weighted by atomic mass is 9.83. The summed E-state index contributed by atoms with van der Waals surface area (Å²) in [5.41, 5.74) is 0.0685. The molecule has 0 aromatic heterocycles. The summed E-state index contributed by atoms with van der Waals surface area (Å²) in [6.45, 7) is 2.94. The molecule has 1 fully saturated rings. The second-order valence-corrected chi connectivity index (χ2v) is 9.17. The fourth-order valence-corrected chi connectivity index (χ4v) is 3.54. The third kappa shape index (κ3) is 7.22. The van der Waals surface area contributed by atoms with Crippen LogP contribution in [0.4, 0.5) is 8.78 Å². The number of nitrogens with zero attached hydrogens (tertiary/aromatic N) is 1. The van der Waals surface area contributed by atoms with Gasteiger partial charge in [0, 0.05) is 19.1 Å². The van der Waals surface area contributed by atoms with E-state index in [4.69, 9.17) is 4.55 Å². The van der Waals surface area contributed by atoms with Gasteiger partial charge in [-0.2, -0.15) is 8.42 Å². The Labute approximate surface area is 180 Å². The molecule has 3 rings (SSSR count). The van der Waals surface area contributed by atoms with E-state index in [0.717, 1.165) is 6.07 Å². The molecule has 2 aromatic carbocycles. The second kappa shape index (κ2) is 10.0. The molecule has 0 amide bonds. The van der Waals surface area contributed by atoms with Crippen molar-refractivity contribution in [1.82, 2.24) is 4.90 Å². The standard InChI is InChI=1S/C20H23F2NO3.CH4O3S/c1-13(19(25)14-2-7-18(24)17(22)12-14)23-10-8-20(26,9-11-23)15-3-5-16(21)6-4-15;1-5(2,3)4/h2-7,12-13,19,24-26H,8-11H2,1H3;1H3,(H,2,3,4). The van der Waals surface area contributed by atoms with E-state index in [1.807, 2.05) is 11.8 Å². The van der Waals surface area contributed by atoms with Crippen LogP contribution in [0.3, 0.4) is 0 Å². The number of aliphatic hydroxyl groups excluding tert-OH is 1. The number of hydrogen-bond acceptors (Lipinski definition) is 6. The molecule has 0 spiro atoms. The summed E-state index contributed by atoms with van der Waals surface area (Å²) in [7, 11) is -3.67. The molecule has 31 heavy (non-hydrogen) atoms. The smallest absolute Gasteiger partial charge is 0.261 e. The molecule has 10 heteroatoms. The van der Waals surface area contributed by atoms with Crippen LogP contribution in [0.25, 0.3) is 0 Å². The highest BCUT2D eigenvalue weighted by Gasteiger charge is 2.36. The normalized spacial score (nSPS) is 18.5. The predicted octanol–water partition coefficient (Wildman–Crippen LogP) is 2.58. The fourth-order valence-electron chi connectivity index (χ4n) is 3.54. The molecule has 0 saturated carbocycles. The van der Waals surface area contributed by atoms with E-state index in [-0.39, 0.29) is 11.9 Å². The van der Waals surface area contributed by atoms with Crippen LogP contribution in [0, 0.1) is 11.6 Å². The predicted molar refractivity (Wildman–Crippen MR) is 111 cm³/mol. The van der Waals surface area contributed by atoms with E-state index < -0.39 is 33.4 Å². The van der Waals surface area contributed by atoms with Gasteiger partial charge in [-0.25, -0.2) is 8.78 Å². The number of hydrogen-bond donors (Lipinski definition) is 4. The van der Waals surface area contributed by atoms with Crippen molar-refractivity contribution in [1.29, 1.82) is 0 Å². The summed E-state index contributed by atoms with van der Waals surface area (Å²) in [6, 6.07) is 9.45. The van der Waals surface area contributed by atoms with E-state index in [1.54, 1.807) is 12.1 Å². The van der Waals surface area contributed by atoms with E-state index in [1.165, 1.54) is 24.3 Å². The van der Waals surface area contributed by atoms with Crippen LogP contribution in [0.15, 0.2) is 42.5 Å². The number of benzene rings is 2. The van der Waals surface area contributed by atoms with Gasteiger partial charge in [0.2, 0.25) is 0 Å². The van der Waals surface area contributed by atoms with E-state index >= 15 is 0 Å².